The van der Waals surface area contributed by atoms with Crippen molar-refractivity contribution in [1.29, 1.82) is 5.26 Å². The van der Waals surface area contributed by atoms with Crippen LogP contribution in [0.4, 0.5) is 0 Å². The van der Waals surface area contributed by atoms with Gasteiger partial charge in [-0.3, -0.25) is 4.79 Å². The Labute approximate surface area is 107 Å². The number of nitrogens with one attached hydrogen (secondary N) is 2. The van der Waals surface area contributed by atoms with Crippen molar-refractivity contribution >= 4 is 5.91 Å². The molecule has 1 aromatic carbocycles. The average Bonchev–Trinajstić information content (AvgIpc) is 2.34. The molecule has 0 bridgehead atoms. The lowest BCUT2D eigenvalue weighted by atomic mass is 9.88. The zero-order chi connectivity index (χ0) is 13.0. The van der Waals surface area contributed by atoms with Crippen molar-refractivity contribution in [3.63, 3.8) is 0 Å². The number of nitriles is 1. The van der Waals surface area contributed by atoms with Crippen molar-refractivity contribution in [2.24, 2.45) is 11.8 Å². The van der Waals surface area contributed by atoms with Gasteiger partial charge in [-0.05, 0) is 36.7 Å². The molecule has 2 rings (SSSR count). The zero-order valence-electron chi connectivity index (χ0n) is 10.4. The molecule has 0 radical (unpaired) electrons. The fourth-order valence-corrected chi connectivity index (χ4v) is 1.98. The van der Waals surface area contributed by atoms with E-state index in [1.54, 1.807) is 12.1 Å². The smallest absolute Gasteiger partial charge is 0.223 e. The molecule has 0 saturated carbocycles. The highest BCUT2D eigenvalue weighted by atomic mass is 16.1. The number of amides is 1. The first kappa shape index (κ1) is 12.6. The van der Waals surface area contributed by atoms with Crippen LogP contribution in [-0.2, 0) is 11.3 Å². The molecule has 4 heteroatoms. The van der Waals surface area contributed by atoms with Gasteiger partial charge >= 0.3 is 0 Å². The monoisotopic (exact) mass is 243 g/mol. The van der Waals surface area contributed by atoms with Crippen LogP contribution in [0.5, 0.6) is 0 Å². The van der Waals surface area contributed by atoms with Crippen molar-refractivity contribution in [1.82, 2.24) is 10.6 Å². The minimum absolute atomic E-state index is 0.0467. The highest BCUT2D eigenvalue weighted by Gasteiger charge is 2.28. The number of carbonyl (C=O) groups excluding carboxylic acids is 1. The Bertz CT molecular complexity index is 474. The van der Waals surface area contributed by atoms with Crippen LogP contribution < -0.4 is 10.6 Å². The number of benzene rings is 1. The van der Waals surface area contributed by atoms with Gasteiger partial charge in [-0.1, -0.05) is 19.1 Å². The molecular weight excluding hydrogens is 226 g/mol. The Morgan fingerprint density at radius 1 is 1.61 bits per heavy atom. The van der Waals surface area contributed by atoms with Gasteiger partial charge in [0.1, 0.15) is 0 Å². The molecule has 0 aliphatic carbocycles. The number of carbonyl (C=O) groups is 1. The van der Waals surface area contributed by atoms with Gasteiger partial charge in [0, 0.05) is 12.5 Å². The van der Waals surface area contributed by atoms with Crippen LogP contribution in [0.2, 0.25) is 0 Å². The Morgan fingerprint density at radius 2 is 2.39 bits per heavy atom. The molecule has 1 fully saturated rings. The van der Waals surface area contributed by atoms with Gasteiger partial charge in [0.2, 0.25) is 5.91 Å². The summed E-state index contributed by atoms with van der Waals surface area (Å²) in [5, 5.41) is 14.9. The number of rotatable bonds is 4. The van der Waals surface area contributed by atoms with Crippen molar-refractivity contribution in [2.45, 2.75) is 13.5 Å². The van der Waals surface area contributed by atoms with Crippen LogP contribution >= 0.6 is 0 Å². The van der Waals surface area contributed by atoms with Gasteiger partial charge in [-0.15, -0.1) is 0 Å². The molecule has 94 valence electrons. The Balaban J connectivity index is 1.86. The van der Waals surface area contributed by atoms with Crippen LogP contribution in [0.3, 0.4) is 0 Å². The zero-order valence-corrected chi connectivity index (χ0v) is 10.4. The molecule has 1 saturated heterocycles. The maximum atomic E-state index is 11.9. The van der Waals surface area contributed by atoms with Gasteiger partial charge in [0.05, 0.1) is 11.6 Å². The molecule has 18 heavy (non-hydrogen) atoms. The second-order valence-electron chi connectivity index (χ2n) is 4.74. The molecule has 1 atom stereocenters. The Kier molecular flexibility index (Phi) is 3.96. The molecule has 1 unspecified atom stereocenters. The van der Waals surface area contributed by atoms with Crippen LogP contribution in [0, 0.1) is 23.2 Å². The third-order valence-corrected chi connectivity index (χ3v) is 3.46. The summed E-state index contributed by atoms with van der Waals surface area (Å²) in [5.74, 6) is 0.588. The minimum Gasteiger partial charge on any atom is -0.352 e. The van der Waals surface area contributed by atoms with E-state index in [1.807, 2.05) is 19.1 Å². The summed E-state index contributed by atoms with van der Waals surface area (Å²) in [7, 11) is 0. The summed E-state index contributed by atoms with van der Waals surface area (Å²) in [5.41, 5.74) is 1.58. The summed E-state index contributed by atoms with van der Waals surface area (Å²) in [6.45, 7) is 4.31. The maximum Gasteiger partial charge on any atom is 0.223 e. The molecule has 2 N–H and O–H groups in total. The van der Waals surface area contributed by atoms with Gasteiger partial charge < -0.3 is 10.6 Å². The fourth-order valence-electron chi connectivity index (χ4n) is 1.98. The molecule has 4 nitrogen and oxygen atoms in total. The quantitative estimate of drug-likeness (QED) is 0.830. The van der Waals surface area contributed by atoms with E-state index < -0.39 is 0 Å². The normalized spacial score (nSPS) is 16.4. The summed E-state index contributed by atoms with van der Waals surface area (Å²) in [6, 6.07) is 9.40. The molecule has 1 amide bonds. The Morgan fingerprint density at radius 3 is 3.00 bits per heavy atom. The minimum atomic E-state index is 0.0467. The van der Waals surface area contributed by atoms with E-state index in [-0.39, 0.29) is 11.8 Å². The average molecular weight is 243 g/mol. The third kappa shape index (κ3) is 2.88. The predicted molar refractivity (Wildman–Crippen MR) is 68.5 cm³/mol. The van der Waals surface area contributed by atoms with Crippen molar-refractivity contribution < 1.29 is 4.79 Å². The second kappa shape index (κ2) is 5.65. The van der Waals surface area contributed by atoms with E-state index in [9.17, 15) is 4.79 Å². The topological polar surface area (TPSA) is 64.9 Å². The van der Waals surface area contributed by atoms with Crippen molar-refractivity contribution in [3.8, 4) is 6.07 Å². The Hall–Kier alpha value is -1.86. The maximum absolute atomic E-state index is 11.9. The first-order valence-electron chi connectivity index (χ1n) is 6.18. The summed E-state index contributed by atoms with van der Waals surface area (Å²) in [4.78, 5) is 11.9. The standard InChI is InChI=1S/C14H17N3O/c1-10(13-8-16-9-13)14(18)17-7-12-4-2-3-11(5-12)6-15/h2-5,10,13,16H,7-9H2,1H3,(H,17,18). The molecule has 0 spiro atoms. The predicted octanol–water partition coefficient (Wildman–Crippen LogP) is 1.03. The molecule has 0 aromatic heterocycles. The first-order chi connectivity index (χ1) is 8.70. The van der Waals surface area contributed by atoms with Crippen LogP contribution in [0.15, 0.2) is 24.3 Å². The lowest BCUT2D eigenvalue weighted by Crippen LogP contribution is -2.49. The largest absolute Gasteiger partial charge is 0.352 e. The summed E-state index contributed by atoms with van der Waals surface area (Å²) < 4.78 is 0. The van der Waals surface area contributed by atoms with Gasteiger partial charge in [-0.2, -0.15) is 5.26 Å². The lowest BCUT2D eigenvalue weighted by Gasteiger charge is -2.31. The van der Waals surface area contributed by atoms with Gasteiger partial charge in [-0.25, -0.2) is 0 Å². The highest BCUT2D eigenvalue weighted by Crippen LogP contribution is 2.16. The van der Waals surface area contributed by atoms with E-state index in [0.29, 0.717) is 18.0 Å². The van der Waals surface area contributed by atoms with Crippen LogP contribution in [-0.4, -0.2) is 19.0 Å². The van der Waals surface area contributed by atoms with Crippen molar-refractivity contribution in [2.75, 3.05) is 13.1 Å². The highest BCUT2D eigenvalue weighted by molar-refractivity contribution is 5.78. The summed E-state index contributed by atoms with van der Waals surface area (Å²) in [6.07, 6.45) is 0. The molecular formula is C14H17N3O. The van der Waals surface area contributed by atoms with E-state index in [1.165, 1.54) is 0 Å². The van der Waals surface area contributed by atoms with E-state index in [4.69, 9.17) is 5.26 Å². The second-order valence-corrected chi connectivity index (χ2v) is 4.74. The number of nitrogens with zero attached hydrogens (tertiary/aromatic N) is 1. The first-order valence-corrected chi connectivity index (χ1v) is 6.18. The van der Waals surface area contributed by atoms with E-state index >= 15 is 0 Å². The van der Waals surface area contributed by atoms with Crippen LogP contribution in [0.1, 0.15) is 18.1 Å². The van der Waals surface area contributed by atoms with Gasteiger partial charge in [0.15, 0.2) is 0 Å². The molecule has 1 heterocycles. The molecule has 1 aliphatic heterocycles. The molecule has 1 aliphatic rings. The molecule has 1 aromatic rings. The number of hydrogen-bond acceptors (Lipinski definition) is 3. The van der Waals surface area contributed by atoms with Gasteiger partial charge in [0.25, 0.3) is 0 Å². The van der Waals surface area contributed by atoms with Crippen molar-refractivity contribution in [3.05, 3.63) is 35.4 Å². The lowest BCUT2D eigenvalue weighted by molar-refractivity contribution is -0.126. The SMILES string of the molecule is CC(C(=O)NCc1cccc(C#N)c1)C1CNC1. The van der Waals surface area contributed by atoms with E-state index in [2.05, 4.69) is 16.7 Å². The number of hydrogen-bond donors (Lipinski definition) is 2. The fraction of sp³-hybridized carbons (Fsp3) is 0.429. The summed E-state index contributed by atoms with van der Waals surface area (Å²) >= 11 is 0. The third-order valence-electron chi connectivity index (χ3n) is 3.46. The van der Waals surface area contributed by atoms with E-state index in [0.717, 1.165) is 18.7 Å². The van der Waals surface area contributed by atoms with Crippen LogP contribution in [0.25, 0.3) is 0 Å².